The van der Waals surface area contributed by atoms with E-state index in [0.29, 0.717) is 6.04 Å². The number of hydrogen-bond donors (Lipinski definition) is 2. The Morgan fingerprint density at radius 3 is 2.79 bits per heavy atom. The van der Waals surface area contributed by atoms with Gasteiger partial charge in [0, 0.05) is 14.1 Å². The van der Waals surface area contributed by atoms with E-state index in [2.05, 4.69) is 62.1 Å². The third-order valence-electron chi connectivity index (χ3n) is 2.57. The summed E-state index contributed by atoms with van der Waals surface area (Å²) in [5, 5.41) is 0. The number of benzene rings is 1. The molecular formula is C10H12BrIN2. The number of rotatable bonds is 3. The average Bonchev–Trinajstić information content (AvgIpc) is 2.96. The maximum atomic E-state index is 5.60. The van der Waals surface area contributed by atoms with E-state index in [1.54, 1.807) is 0 Å². The Labute approximate surface area is 106 Å². The van der Waals surface area contributed by atoms with Gasteiger partial charge < -0.3 is 0 Å². The molecule has 76 valence electrons. The maximum absolute atomic E-state index is 5.60. The highest BCUT2D eigenvalue weighted by molar-refractivity contribution is 14.1. The molecule has 0 saturated heterocycles. The second kappa shape index (κ2) is 4.47. The quantitative estimate of drug-likeness (QED) is 0.490. The summed E-state index contributed by atoms with van der Waals surface area (Å²) in [6, 6.07) is 6.66. The Balaban J connectivity index is 2.32. The van der Waals surface area contributed by atoms with Crippen LogP contribution in [-0.4, -0.2) is 0 Å². The molecule has 1 aromatic carbocycles. The molecule has 14 heavy (non-hydrogen) atoms. The highest BCUT2D eigenvalue weighted by atomic mass is 127. The summed E-state index contributed by atoms with van der Waals surface area (Å²) in [7, 11) is 0. The predicted molar refractivity (Wildman–Crippen MR) is 69.6 cm³/mol. The van der Waals surface area contributed by atoms with Crippen molar-refractivity contribution in [3.05, 3.63) is 31.8 Å². The number of nitrogens with one attached hydrogen (secondary N) is 1. The molecule has 0 aliphatic heterocycles. The van der Waals surface area contributed by atoms with Gasteiger partial charge in [-0.05, 0) is 65.1 Å². The number of hydrogen-bond acceptors (Lipinski definition) is 2. The summed E-state index contributed by atoms with van der Waals surface area (Å²) < 4.78 is 2.40. The number of halogens is 2. The van der Waals surface area contributed by atoms with Crippen LogP contribution in [-0.2, 0) is 0 Å². The molecule has 4 heteroatoms. The van der Waals surface area contributed by atoms with Gasteiger partial charge in [0.15, 0.2) is 0 Å². The van der Waals surface area contributed by atoms with Crippen LogP contribution >= 0.6 is 38.5 Å². The smallest absolute Gasteiger partial charge is 0.0499 e. The molecule has 3 N–H and O–H groups in total. The fraction of sp³-hybridized carbons (Fsp3) is 0.400. The molecule has 2 rings (SSSR count). The first kappa shape index (κ1) is 10.9. The van der Waals surface area contributed by atoms with Crippen LogP contribution in [0.3, 0.4) is 0 Å². The minimum absolute atomic E-state index is 0.319. The monoisotopic (exact) mass is 366 g/mol. The Bertz CT molecular complexity index is 339. The van der Waals surface area contributed by atoms with Crippen LogP contribution in [0, 0.1) is 9.49 Å². The van der Waals surface area contributed by atoms with Gasteiger partial charge in [-0.1, -0.05) is 15.9 Å². The second-order valence-electron chi connectivity index (χ2n) is 3.65. The molecule has 1 saturated carbocycles. The lowest BCUT2D eigenvalue weighted by atomic mass is 10.0. The van der Waals surface area contributed by atoms with Gasteiger partial charge in [0.2, 0.25) is 0 Å². The van der Waals surface area contributed by atoms with Gasteiger partial charge >= 0.3 is 0 Å². The Hall–Kier alpha value is 0.350. The molecule has 1 fully saturated rings. The fourth-order valence-corrected chi connectivity index (χ4v) is 2.71. The fourth-order valence-electron chi connectivity index (χ4n) is 1.66. The zero-order valence-corrected chi connectivity index (χ0v) is 11.4. The van der Waals surface area contributed by atoms with E-state index in [1.807, 2.05) is 0 Å². The van der Waals surface area contributed by atoms with E-state index in [0.717, 1.165) is 10.4 Å². The lowest BCUT2D eigenvalue weighted by Crippen LogP contribution is -2.30. The third-order valence-corrected chi connectivity index (χ3v) is 4.04. The van der Waals surface area contributed by atoms with Crippen molar-refractivity contribution in [2.75, 3.05) is 0 Å². The molecule has 1 unspecified atom stereocenters. The number of hydrazine groups is 1. The molecule has 0 bridgehead atoms. The SMILES string of the molecule is NNC(c1cc(Br)ccc1I)C1CC1. The van der Waals surface area contributed by atoms with Crippen molar-refractivity contribution < 1.29 is 0 Å². The number of nitrogens with two attached hydrogens (primary N) is 1. The minimum atomic E-state index is 0.319. The molecule has 0 aromatic heterocycles. The van der Waals surface area contributed by atoms with Gasteiger partial charge in [0.25, 0.3) is 0 Å². The normalized spacial score (nSPS) is 18.2. The summed E-state index contributed by atoms with van der Waals surface area (Å²) in [6.07, 6.45) is 2.58. The van der Waals surface area contributed by atoms with Crippen molar-refractivity contribution in [2.24, 2.45) is 11.8 Å². The van der Waals surface area contributed by atoms with Gasteiger partial charge in [-0.3, -0.25) is 11.3 Å². The van der Waals surface area contributed by atoms with Crippen LogP contribution in [0.5, 0.6) is 0 Å². The molecule has 1 aliphatic carbocycles. The van der Waals surface area contributed by atoms with Crippen molar-refractivity contribution >= 4 is 38.5 Å². The summed E-state index contributed by atoms with van der Waals surface area (Å²) in [5.41, 5.74) is 4.23. The Morgan fingerprint density at radius 2 is 2.21 bits per heavy atom. The highest BCUT2D eigenvalue weighted by Gasteiger charge is 2.32. The zero-order chi connectivity index (χ0) is 10.1. The topological polar surface area (TPSA) is 38.0 Å². The minimum Gasteiger partial charge on any atom is -0.271 e. The molecule has 0 spiro atoms. The summed E-state index contributed by atoms with van der Waals surface area (Å²) in [5.74, 6) is 6.32. The Kier molecular flexibility index (Phi) is 3.46. The van der Waals surface area contributed by atoms with E-state index in [4.69, 9.17) is 5.84 Å². The second-order valence-corrected chi connectivity index (χ2v) is 5.73. The maximum Gasteiger partial charge on any atom is 0.0499 e. The molecule has 1 atom stereocenters. The van der Waals surface area contributed by atoms with E-state index >= 15 is 0 Å². The van der Waals surface area contributed by atoms with Crippen LogP contribution in [0.15, 0.2) is 22.7 Å². The molecule has 2 nitrogen and oxygen atoms in total. The van der Waals surface area contributed by atoms with Gasteiger partial charge in [0.1, 0.15) is 0 Å². The lowest BCUT2D eigenvalue weighted by molar-refractivity contribution is 0.494. The van der Waals surface area contributed by atoms with Crippen molar-refractivity contribution in [1.29, 1.82) is 0 Å². The summed E-state index contributed by atoms with van der Waals surface area (Å²) >= 11 is 5.85. The first-order valence-electron chi connectivity index (χ1n) is 4.63. The third kappa shape index (κ3) is 2.29. The van der Waals surface area contributed by atoms with E-state index < -0.39 is 0 Å². The molecule has 0 heterocycles. The van der Waals surface area contributed by atoms with Crippen molar-refractivity contribution in [3.8, 4) is 0 Å². The van der Waals surface area contributed by atoms with Crippen LogP contribution in [0.4, 0.5) is 0 Å². The van der Waals surface area contributed by atoms with Gasteiger partial charge in [-0.15, -0.1) is 0 Å². The van der Waals surface area contributed by atoms with E-state index in [1.165, 1.54) is 22.0 Å². The standard InChI is InChI=1S/C10H12BrIN2/c11-7-3-4-9(12)8(5-7)10(14-13)6-1-2-6/h3-6,10,14H,1-2,13H2. The van der Waals surface area contributed by atoms with Gasteiger partial charge in [-0.2, -0.15) is 0 Å². The molecule has 1 aliphatic rings. The summed E-state index contributed by atoms with van der Waals surface area (Å²) in [4.78, 5) is 0. The molecular weight excluding hydrogens is 355 g/mol. The van der Waals surface area contributed by atoms with Crippen molar-refractivity contribution in [3.63, 3.8) is 0 Å². The van der Waals surface area contributed by atoms with Gasteiger partial charge in [-0.25, -0.2) is 0 Å². The first-order valence-corrected chi connectivity index (χ1v) is 6.50. The van der Waals surface area contributed by atoms with Gasteiger partial charge in [0.05, 0.1) is 0 Å². The van der Waals surface area contributed by atoms with Crippen LogP contribution in [0.1, 0.15) is 24.4 Å². The molecule has 1 aromatic rings. The highest BCUT2D eigenvalue weighted by Crippen LogP contribution is 2.42. The van der Waals surface area contributed by atoms with Crippen molar-refractivity contribution in [2.45, 2.75) is 18.9 Å². The molecule has 0 radical (unpaired) electrons. The van der Waals surface area contributed by atoms with E-state index in [-0.39, 0.29) is 0 Å². The van der Waals surface area contributed by atoms with Crippen molar-refractivity contribution in [1.82, 2.24) is 5.43 Å². The average molecular weight is 367 g/mol. The predicted octanol–water partition coefficient (Wildman–Crippen LogP) is 2.97. The van der Waals surface area contributed by atoms with Crippen LogP contribution in [0.25, 0.3) is 0 Å². The largest absolute Gasteiger partial charge is 0.271 e. The molecule has 0 amide bonds. The zero-order valence-electron chi connectivity index (χ0n) is 7.63. The van der Waals surface area contributed by atoms with E-state index in [9.17, 15) is 0 Å². The lowest BCUT2D eigenvalue weighted by Gasteiger charge is -2.17. The Morgan fingerprint density at radius 1 is 1.50 bits per heavy atom. The summed E-state index contributed by atoms with van der Waals surface area (Å²) in [6.45, 7) is 0. The first-order chi connectivity index (χ1) is 6.72. The van der Waals surface area contributed by atoms with Crippen LogP contribution < -0.4 is 11.3 Å². The van der Waals surface area contributed by atoms with Crippen LogP contribution in [0.2, 0.25) is 0 Å².